The molecule has 0 saturated carbocycles. The molecule has 2 heterocycles. The first-order valence-corrected chi connectivity index (χ1v) is 7.73. The van der Waals surface area contributed by atoms with Crippen LogP contribution in [-0.2, 0) is 0 Å². The second-order valence-corrected chi connectivity index (χ2v) is 5.43. The van der Waals surface area contributed by atoms with Crippen molar-refractivity contribution < 1.29 is 0 Å². The van der Waals surface area contributed by atoms with Crippen LogP contribution in [0.2, 0.25) is 0 Å². The summed E-state index contributed by atoms with van der Waals surface area (Å²) >= 11 is 1.41. The minimum absolute atomic E-state index is 0.754. The van der Waals surface area contributed by atoms with Gasteiger partial charge in [0.1, 0.15) is 12.0 Å². The predicted octanol–water partition coefficient (Wildman–Crippen LogP) is 4.06. The molecule has 0 spiro atoms. The Morgan fingerprint density at radius 3 is 2.50 bits per heavy atom. The van der Waals surface area contributed by atoms with Gasteiger partial charge in [-0.1, -0.05) is 48.5 Å². The molecule has 0 radical (unpaired) electrons. The maximum absolute atomic E-state index is 4.40. The first-order valence-electron chi connectivity index (χ1n) is 6.89. The van der Waals surface area contributed by atoms with E-state index in [1.807, 2.05) is 52.5 Å². The molecule has 0 unspecified atom stereocenters. The third-order valence-electron chi connectivity index (χ3n) is 3.43. The lowest BCUT2D eigenvalue weighted by Gasteiger charge is -2.11. The van der Waals surface area contributed by atoms with Crippen LogP contribution in [0.25, 0.3) is 28.3 Å². The lowest BCUT2D eigenvalue weighted by molar-refractivity contribution is 0.886. The molecular formula is C17H12N4S. The van der Waals surface area contributed by atoms with Gasteiger partial charge in [0.2, 0.25) is 0 Å². The predicted molar refractivity (Wildman–Crippen MR) is 87.9 cm³/mol. The smallest absolute Gasteiger partial charge is 0.182 e. The Bertz CT molecular complexity index is 882. The van der Waals surface area contributed by atoms with E-state index < -0.39 is 0 Å². The van der Waals surface area contributed by atoms with Crippen LogP contribution in [0.5, 0.6) is 0 Å². The molecule has 0 aliphatic rings. The Kier molecular flexibility index (Phi) is 3.25. The summed E-state index contributed by atoms with van der Waals surface area (Å²) in [6.45, 7) is 0. The second-order valence-electron chi connectivity index (χ2n) is 4.76. The number of para-hydroxylation sites is 1. The summed E-state index contributed by atoms with van der Waals surface area (Å²) in [5.74, 6) is 0.754. The summed E-state index contributed by atoms with van der Waals surface area (Å²) in [4.78, 5) is 4.37. The SMILES string of the molecule is c1ccc(-c2ccccc2-n2ncnc2-c2ccsn2)cc1. The van der Waals surface area contributed by atoms with E-state index in [9.17, 15) is 0 Å². The van der Waals surface area contributed by atoms with Gasteiger partial charge in [0.25, 0.3) is 0 Å². The number of hydrogen-bond donors (Lipinski definition) is 0. The number of rotatable bonds is 3. The van der Waals surface area contributed by atoms with Gasteiger partial charge in [-0.25, -0.2) is 9.67 Å². The molecule has 2 aromatic carbocycles. The molecule has 0 atom stereocenters. The summed E-state index contributed by atoms with van der Waals surface area (Å²) in [6.07, 6.45) is 1.57. The highest BCUT2D eigenvalue weighted by Crippen LogP contribution is 2.28. The quantitative estimate of drug-likeness (QED) is 0.573. The third kappa shape index (κ3) is 2.21. The van der Waals surface area contributed by atoms with Crippen molar-refractivity contribution in [2.75, 3.05) is 0 Å². The van der Waals surface area contributed by atoms with E-state index in [0.717, 1.165) is 28.3 Å². The van der Waals surface area contributed by atoms with Crippen molar-refractivity contribution >= 4 is 11.5 Å². The van der Waals surface area contributed by atoms with Crippen molar-refractivity contribution in [1.82, 2.24) is 19.1 Å². The van der Waals surface area contributed by atoms with Crippen LogP contribution in [0.1, 0.15) is 0 Å². The van der Waals surface area contributed by atoms with Gasteiger partial charge in [-0.05, 0) is 29.2 Å². The van der Waals surface area contributed by atoms with Crippen molar-refractivity contribution in [3.8, 4) is 28.3 Å². The molecule has 0 aliphatic heterocycles. The Hall–Kier alpha value is -2.79. The highest BCUT2D eigenvalue weighted by Gasteiger charge is 2.14. The van der Waals surface area contributed by atoms with Gasteiger partial charge in [-0.2, -0.15) is 9.47 Å². The van der Waals surface area contributed by atoms with E-state index in [-0.39, 0.29) is 0 Å². The number of benzene rings is 2. The van der Waals surface area contributed by atoms with Crippen molar-refractivity contribution in [2.45, 2.75) is 0 Å². The molecule has 5 heteroatoms. The largest absolute Gasteiger partial charge is 0.213 e. The van der Waals surface area contributed by atoms with E-state index in [1.54, 1.807) is 6.33 Å². The van der Waals surface area contributed by atoms with Crippen molar-refractivity contribution in [2.24, 2.45) is 0 Å². The fraction of sp³-hybridized carbons (Fsp3) is 0. The van der Waals surface area contributed by atoms with E-state index in [2.05, 4.69) is 32.7 Å². The van der Waals surface area contributed by atoms with Gasteiger partial charge in [0, 0.05) is 10.9 Å². The van der Waals surface area contributed by atoms with Crippen molar-refractivity contribution in [3.05, 3.63) is 72.4 Å². The van der Waals surface area contributed by atoms with Crippen LogP contribution < -0.4 is 0 Å². The molecule has 0 fully saturated rings. The Morgan fingerprint density at radius 1 is 0.864 bits per heavy atom. The fourth-order valence-corrected chi connectivity index (χ4v) is 2.95. The number of aromatic nitrogens is 4. The number of nitrogens with zero attached hydrogens (tertiary/aromatic N) is 4. The third-order valence-corrected chi connectivity index (χ3v) is 3.99. The summed E-state index contributed by atoms with van der Waals surface area (Å²) < 4.78 is 6.21. The van der Waals surface area contributed by atoms with Gasteiger partial charge in [0.15, 0.2) is 5.82 Å². The Labute approximate surface area is 131 Å². The minimum Gasteiger partial charge on any atom is -0.213 e. The van der Waals surface area contributed by atoms with Gasteiger partial charge >= 0.3 is 0 Å². The average molecular weight is 304 g/mol. The summed E-state index contributed by atoms with van der Waals surface area (Å²) in [7, 11) is 0. The van der Waals surface area contributed by atoms with Crippen LogP contribution in [0, 0.1) is 0 Å². The molecule has 4 aromatic rings. The highest BCUT2D eigenvalue weighted by atomic mass is 32.1. The Morgan fingerprint density at radius 2 is 1.68 bits per heavy atom. The van der Waals surface area contributed by atoms with Crippen LogP contribution in [-0.4, -0.2) is 19.1 Å². The zero-order valence-corrected chi connectivity index (χ0v) is 12.4. The summed E-state index contributed by atoms with van der Waals surface area (Å²) in [6, 6.07) is 20.4. The number of hydrogen-bond acceptors (Lipinski definition) is 4. The molecule has 0 amide bonds. The van der Waals surface area contributed by atoms with Gasteiger partial charge in [0.05, 0.1) is 5.69 Å². The van der Waals surface area contributed by atoms with Crippen LogP contribution in [0.3, 0.4) is 0 Å². The summed E-state index contributed by atoms with van der Waals surface area (Å²) in [5.41, 5.74) is 4.10. The second kappa shape index (κ2) is 5.54. The van der Waals surface area contributed by atoms with E-state index >= 15 is 0 Å². The molecular weight excluding hydrogens is 292 g/mol. The van der Waals surface area contributed by atoms with Gasteiger partial charge in [-0.15, -0.1) is 0 Å². The molecule has 106 valence electrons. The Balaban J connectivity index is 1.91. The van der Waals surface area contributed by atoms with E-state index in [1.165, 1.54) is 11.5 Å². The van der Waals surface area contributed by atoms with Crippen molar-refractivity contribution in [3.63, 3.8) is 0 Å². The van der Waals surface area contributed by atoms with Crippen LogP contribution in [0.15, 0.2) is 72.4 Å². The molecule has 22 heavy (non-hydrogen) atoms. The normalized spacial score (nSPS) is 10.7. The maximum atomic E-state index is 4.40. The van der Waals surface area contributed by atoms with Gasteiger partial charge < -0.3 is 0 Å². The monoisotopic (exact) mass is 304 g/mol. The van der Waals surface area contributed by atoms with Crippen LogP contribution in [0.4, 0.5) is 0 Å². The topological polar surface area (TPSA) is 43.6 Å². The maximum Gasteiger partial charge on any atom is 0.182 e. The zero-order chi connectivity index (χ0) is 14.8. The molecule has 0 saturated heterocycles. The standard InChI is InChI=1S/C17H12N4S/c1-2-6-13(7-3-1)14-8-4-5-9-16(14)21-17(18-12-19-21)15-10-11-22-20-15/h1-12H. The average Bonchev–Trinajstić information content (AvgIpc) is 3.26. The minimum atomic E-state index is 0.754. The fourth-order valence-electron chi connectivity index (χ4n) is 2.44. The summed E-state index contributed by atoms with van der Waals surface area (Å²) in [5, 5.41) is 6.34. The molecule has 2 aromatic heterocycles. The highest BCUT2D eigenvalue weighted by molar-refractivity contribution is 7.03. The molecule has 4 nitrogen and oxygen atoms in total. The first kappa shape index (κ1) is 12.9. The van der Waals surface area contributed by atoms with E-state index in [0.29, 0.717) is 0 Å². The lowest BCUT2D eigenvalue weighted by Crippen LogP contribution is -2.01. The zero-order valence-electron chi connectivity index (χ0n) is 11.6. The van der Waals surface area contributed by atoms with Crippen molar-refractivity contribution in [1.29, 1.82) is 0 Å². The molecule has 0 aliphatic carbocycles. The lowest BCUT2D eigenvalue weighted by atomic mass is 10.0. The molecule has 4 rings (SSSR count). The molecule has 0 N–H and O–H groups in total. The van der Waals surface area contributed by atoms with Crippen LogP contribution >= 0.6 is 11.5 Å². The molecule has 0 bridgehead atoms. The van der Waals surface area contributed by atoms with Gasteiger partial charge in [-0.3, -0.25) is 0 Å². The first-order chi connectivity index (χ1) is 10.9. The van der Waals surface area contributed by atoms with E-state index in [4.69, 9.17) is 0 Å².